The minimum Gasteiger partial charge on any atom is -0.387 e. The average Bonchev–Trinajstić information content (AvgIpc) is 3.37. The molecule has 1 aliphatic rings. The number of aliphatic imine (C=N–C) groups is 1. The number of nitrogens with zero attached hydrogens (tertiary/aromatic N) is 5. The zero-order chi connectivity index (χ0) is 26.6. The molecule has 2 aromatic carbocycles. The topological polar surface area (TPSA) is 120 Å². The van der Waals surface area contributed by atoms with Crippen LogP contribution in [0.4, 0.5) is 5.69 Å². The van der Waals surface area contributed by atoms with Crippen molar-refractivity contribution in [2.75, 3.05) is 13.1 Å². The molecule has 2 N–H and O–H groups in total. The first kappa shape index (κ1) is 25.1. The van der Waals surface area contributed by atoms with Gasteiger partial charge in [-0.05, 0) is 48.2 Å². The highest BCUT2D eigenvalue weighted by Gasteiger charge is 2.21. The molecule has 1 amide bonds. The van der Waals surface area contributed by atoms with E-state index in [0.29, 0.717) is 34.7 Å². The highest BCUT2D eigenvalue weighted by Crippen LogP contribution is 2.33. The Kier molecular flexibility index (Phi) is 7.17. The van der Waals surface area contributed by atoms with E-state index in [-0.39, 0.29) is 18.0 Å². The molecule has 0 saturated carbocycles. The third-order valence-electron chi connectivity index (χ3n) is 6.53. The molecule has 0 spiro atoms. The molecule has 0 saturated heterocycles. The number of amidine groups is 1. The van der Waals surface area contributed by atoms with Crippen molar-refractivity contribution in [1.29, 1.82) is 0 Å². The Morgan fingerprint density at radius 3 is 2.58 bits per heavy atom. The molecule has 0 radical (unpaired) electrons. The van der Waals surface area contributed by atoms with E-state index in [9.17, 15) is 9.59 Å². The molecule has 2 aromatic heterocycles. The molecule has 3 heterocycles. The third-order valence-corrected chi connectivity index (χ3v) is 6.53. The summed E-state index contributed by atoms with van der Waals surface area (Å²) in [6.07, 6.45) is 7.24. The van der Waals surface area contributed by atoms with E-state index in [1.54, 1.807) is 12.3 Å². The molecule has 0 fully saturated rings. The van der Waals surface area contributed by atoms with Crippen LogP contribution in [-0.4, -0.2) is 44.7 Å². The van der Waals surface area contributed by atoms with Crippen molar-refractivity contribution >= 4 is 34.3 Å². The van der Waals surface area contributed by atoms with Crippen molar-refractivity contribution < 1.29 is 9.32 Å². The fourth-order valence-corrected chi connectivity index (χ4v) is 4.72. The standard InChI is InChI=1S/C29H30N6O3/c1-3-11-34(12-4-2)28(36)22-14-21-6-5-20(15-26(21)33-27(30)16-22)19-7-8-25-23(13-19)17-31-35(29(25)37)18-24-9-10-32-38-24/h5-10,13-15,17H,3-4,11-12,16,18H2,1-2H3,(H2,30,33). The van der Waals surface area contributed by atoms with E-state index in [2.05, 4.69) is 29.1 Å². The van der Waals surface area contributed by atoms with Crippen LogP contribution >= 0.6 is 0 Å². The number of hydrogen-bond acceptors (Lipinski definition) is 7. The first-order valence-corrected chi connectivity index (χ1v) is 12.8. The molecular formula is C29H30N6O3. The molecule has 0 atom stereocenters. The van der Waals surface area contributed by atoms with E-state index >= 15 is 0 Å². The fraction of sp³-hybridized carbons (Fsp3) is 0.276. The van der Waals surface area contributed by atoms with Crippen LogP contribution in [0.15, 0.2) is 74.7 Å². The Bertz CT molecular complexity index is 1590. The quantitative estimate of drug-likeness (QED) is 0.372. The van der Waals surface area contributed by atoms with Gasteiger partial charge in [0.2, 0.25) is 5.91 Å². The predicted octanol–water partition coefficient (Wildman–Crippen LogP) is 4.52. The molecular weight excluding hydrogens is 480 g/mol. The van der Waals surface area contributed by atoms with Crippen LogP contribution in [0.25, 0.3) is 28.0 Å². The molecule has 38 heavy (non-hydrogen) atoms. The summed E-state index contributed by atoms with van der Waals surface area (Å²) < 4.78 is 6.46. The number of carbonyl (C=O) groups is 1. The Hall–Kier alpha value is -4.53. The van der Waals surface area contributed by atoms with Gasteiger partial charge < -0.3 is 15.2 Å². The summed E-state index contributed by atoms with van der Waals surface area (Å²) in [5, 5.41) is 9.28. The summed E-state index contributed by atoms with van der Waals surface area (Å²) in [5.74, 6) is 0.978. The second kappa shape index (κ2) is 10.8. The summed E-state index contributed by atoms with van der Waals surface area (Å²) in [6.45, 7) is 5.79. The lowest BCUT2D eigenvalue weighted by Gasteiger charge is -2.22. The van der Waals surface area contributed by atoms with Gasteiger partial charge in [0, 0.05) is 42.1 Å². The molecule has 0 unspecified atom stereocenters. The van der Waals surface area contributed by atoms with Crippen LogP contribution in [0, 0.1) is 0 Å². The fourth-order valence-electron chi connectivity index (χ4n) is 4.72. The first-order chi connectivity index (χ1) is 18.5. The molecule has 9 heteroatoms. The van der Waals surface area contributed by atoms with Gasteiger partial charge in [0.05, 0.1) is 23.5 Å². The van der Waals surface area contributed by atoms with Gasteiger partial charge in [0.15, 0.2) is 5.76 Å². The van der Waals surface area contributed by atoms with E-state index in [0.717, 1.165) is 48.0 Å². The van der Waals surface area contributed by atoms with E-state index in [4.69, 9.17) is 10.3 Å². The number of amides is 1. The maximum absolute atomic E-state index is 13.2. The van der Waals surface area contributed by atoms with Crippen LogP contribution in [0.3, 0.4) is 0 Å². The van der Waals surface area contributed by atoms with E-state index in [1.807, 2.05) is 47.4 Å². The first-order valence-electron chi connectivity index (χ1n) is 12.8. The summed E-state index contributed by atoms with van der Waals surface area (Å²) in [7, 11) is 0. The largest absolute Gasteiger partial charge is 0.387 e. The zero-order valence-electron chi connectivity index (χ0n) is 21.6. The van der Waals surface area contributed by atoms with Gasteiger partial charge in [-0.25, -0.2) is 9.67 Å². The maximum atomic E-state index is 13.2. The van der Waals surface area contributed by atoms with Crippen molar-refractivity contribution in [2.24, 2.45) is 10.7 Å². The minimum absolute atomic E-state index is 0.0137. The predicted molar refractivity (Wildman–Crippen MR) is 148 cm³/mol. The molecule has 9 nitrogen and oxygen atoms in total. The summed E-state index contributed by atoms with van der Waals surface area (Å²) in [6, 6.07) is 13.3. The Balaban J connectivity index is 1.46. The number of carbonyl (C=O) groups excluding carboxylic acids is 1. The lowest BCUT2D eigenvalue weighted by molar-refractivity contribution is -0.127. The van der Waals surface area contributed by atoms with Crippen molar-refractivity contribution in [1.82, 2.24) is 19.8 Å². The zero-order valence-corrected chi connectivity index (χ0v) is 21.6. The molecule has 4 aromatic rings. The van der Waals surface area contributed by atoms with Crippen molar-refractivity contribution in [2.45, 2.75) is 39.7 Å². The Morgan fingerprint density at radius 2 is 1.84 bits per heavy atom. The van der Waals surface area contributed by atoms with Crippen LogP contribution in [0.1, 0.15) is 44.4 Å². The Labute approximate surface area is 220 Å². The lowest BCUT2D eigenvalue weighted by atomic mass is 9.99. The molecule has 1 aliphatic heterocycles. The van der Waals surface area contributed by atoms with Gasteiger partial charge in [0.25, 0.3) is 5.56 Å². The van der Waals surface area contributed by atoms with Gasteiger partial charge in [-0.2, -0.15) is 5.10 Å². The van der Waals surface area contributed by atoms with Crippen LogP contribution < -0.4 is 11.3 Å². The number of rotatable bonds is 8. The SMILES string of the molecule is CCCN(CCC)C(=O)C1=Cc2ccc(-c3ccc4c(=O)n(Cc5ccno5)ncc4c3)cc2N=C(N)C1. The van der Waals surface area contributed by atoms with Crippen molar-refractivity contribution in [3.63, 3.8) is 0 Å². The van der Waals surface area contributed by atoms with Crippen LogP contribution in [0.5, 0.6) is 0 Å². The van der Waals surface area contributed by atoms with E-state index in [1.165, 1.54) is 10.9 Å². The Morgan fingerprint density at radius 1 is 1.08 bits per heavy atom. The van der Waals surface area contributed by atoms with Crippen molar-refractivity contribution in [3.8, 4) is 11.1 Å². The second-order valence-corrected chi connectivity index (χ2v) is 9.40. The van der Waals surface area contributed by atoms with Gasteiger partial charge in [-0.1, -0.05) is 37.2 Å². The number of nitrogens with two attached hydrogens (primary N) is 1. The molecule has 194 valence electrons. The van der Waals surface area contributed by atoms with E-state index < -0.39 is 0 Å². The summed E-state index contributed by atoms with van der Waals surface area (Å²) >= 11 is 0. The second-order valence-electron chi connectivity index (χ2n) is 9.40. The monoisotopic (exact) mass is 510 g/mol. The van der Waals surface area contributed by atoms with Gasteiger partial charge in [0.1, 0.15) is 12.4 Å². The van der Waals surface area contributed by atoms with Crippen molar-refractivity contribution in [3.05, 3.63) is 82.1 Å². The average molecular weight is 511 g/mol. The number of hydrogen-bond donors (Lipinski definition) is 1. The highest BCUT2D eigenvalue weighted by atomic mass is 16.5. The normalized spacial score (nSPS) is 13.0. The number of fused-ring (bicyclic) bond motifs is 2. The van der Waals surface area contributed by atoms with Gasteiger partial charge in [-0.3, -0.25) is 9.59 Å². The summed E-state index contributed by atoms with van der Waals surface area (Å²) in [5.41, 5.74) is 10.1. The third kappa shape index (κ3) is 5.13. The summed E-state index contributed by atoms with van der Waals surface area (Å²) in [4.78, 5) is 32.7. The minimum atomic E-state index is -0.202. The molecule has 0 bridgehead atoms. The molecule has 0 aliphatic carbocycles. The molecule has 5 rings (SSSR count). The number of benzene rings is 2. The van der Waals surface area contributed by atoms with Crippen LogP contribution in [0.2, 0.25) is 0 Å². The van der Waals surface area contributed by atoms with Gasteiger partial charge >= 0.3 is 0 Å². The smallest absolute Gasteiger partial charge is 0.275 e. The maximum Gasteiger partial charge on any atom is 0.275 e. The van der Waals surface area contributed by atoms with Gasteiger partial charge in [-0.15, -0.1) is 0 Å². The lowest BCUT2D eigenvalue weighted by Crippen LogP contribution is -2.34. The highest BCUT2D eigenvalue weighted by molar-refractivity contribution is 6.05. The number of aromatic nitrogens is 3. The van der Waals surface area contributed by atoms with Crippen LogP contribution in [-0.2, 0) is 11.3 Å².